The molecule has 2 rings (SSSR count). The molecule has 0 saturated carbocycles. The highest BCUT2D eigenvalue weighted by Gasteiger charge is 2.30. The second-order valence-electron chi connectivity index (χ2n) is 5.14. The van der Waals surface area contributed by atoms with Crippen LogP contribution in [0.2, 0.25) is 0 Å². The van der Waals surface area contributed by atoms with E-state index in [4.69, 9.17) is 10.5 Å². The summed E-state index contributed by atoms with van der Waals surface area (Å²) in [6.07, 6.45) is 1.66. The van der Waals surface area contributed by atoms with Crippen molar-refractivity contribution in [3.05, 3.63) is 29.3 Å². The maximum absolute atomic E-state index is 12.7. The van der Waals surface area contributed by atoms with Crippen LogP contribution in [0.4, 0.5) is 0 Å². The van der Waals surface area contributed by atoms with Crippen LogP contribution in [-0.2, 0) is 21.3 Å². The number of ether oxygens (including phenoxy) is 1. The molecule has 0 aromatic heterocycles. The minimum atomic E-state index is -3.41. The third-order valence-electron chi connectivity index (χ3n) is 3.83. The lowest BCUT2D eigenvalue weighted by Crippen LogP contribution is -2.40. The first-order valence-corrected chi connectivity index (χ1v) is 8.25. The maximum Gasteiger partial charge on any atom is 0.243 e. The molecule has 1 aliphatic heterocycles. The molecule has 0 amide bonds. The topological polar surface area (TPSA) is 72.6 Å². The van der Waals surface area contributed by atoms with Crippen molar-refractivity contribution in [3.8, 4) is 0 Å². The van der Waals surface area contributed by atoms with Gasteiger partial charge in [-0.1, -0.05) is 12.1 Å². The van der Waals surface area contributed by atoms with Gasteiger partial charge >= 0.3 is 0 Å². The zero-order chi connectivity index (χ0) is 14.8. The van der Waals surface area contributed by atoms with Gasteiger partial charge in [0.2, 0.25) is 10.0 Å². The summed E-state index contributed by atoms with van der Waals surface area (Å²) >= 11 is 0. The van der Waals surface area contributed by atoms with Crippen molar-refractivity contribution in [3.63, 3.8) is 0 Å². The molecular formula is C14H22N2O3S. The summed E-state index contributed by atoms with van der Waals surface area (Å²) in [5, 5.41) is 0. The average molecular weight is 298 g/mol. The maximum atomic E-state index is 12.7. The molecule has 0 radical (unpaired) electrons. The lowest BCUT2D eigenvalue weighted by Gasteiger charge is -2.30. The number of benzene rings is 1. The second kappa shape index (κ2) is 6.22. The minimum absolute atomic E-state index is 0.169. The minimum Gasteiger partial charge on any atom is -0.381 e. The van der Waals surface area contributed by atoms with E-state index < -0.39 is 10.0 Å². The number of aryl methyl sites for hydroxylation is 1. The van der Waals surface area contributed by atoms with Crippen LogP contribution in [0.1, 0.15) is 24.0 Å². The van der Waals surface area contributed by atoms with Gasteiger partial charge in [-0.2, -0.15) is 4.31 Å². The summed E-state index contributed by atoms with van der Waals surface area (Å²) in [5.74, 6) is 0. The Kier molecular flexibility index (Phi) is 4.80. The zero-order valence-corrected chi connectivity index (χ0v) is 12.8. The summed E-state index contributed by atoms with van der Waals surface area (Å²) in [6.45, 7) is 3.26. The Morgan fingerprint density at radius 3 is 2.50 bits per heavy atom. The number of nitrogens with two attached hydrogens (primary N) is 1. The van der Waals surface area contributed by atoms with E-state index in [0.717, 1.165) is 24.0 Å². The molecule has 1 heterocycles. The van der Waals surface area contributed by atoms with Crippen LogP contribution < -0.4 is 5.73 Å². The molecular weight excluding hydrogens is 276 g/mol. The van der Waals surface area contributed by atoms with Gasteiger partial charge in [0.25, 0.3) is 0 Å². The molecule has 112 valence electrons. The Bertz CT molecular complexity index is 564. The molecule has 1 aliphatic rings. The van der Waals surface area contributed by atoms with E-state index in [0.29, 0.717) is 24.5 Å². The van der Waals surface area contributed by atoms with Crippen molar-refractivity contribution in [1.82, 2.24) is 4.31 Å². The fourth-order valence-corrected chi connectivity index (χ4v) is 4.25. The lowest BCUT2D eigenvalue weighted by atomic mass is 10.1. The van der Waals surface area contributed by atoms with Crippen LogP contribution in [0.15, 0.2) is 23.1 Å². The number of hydrogen-bond donors (Lipinski definition) is 1. The number of hydrogen-bond acceptors (Lipinski definition) is 4. The standard InChI is InChI=1S/C14H22N2O3S/c1-11-9-12(10-15)3-4-14(11)20(17,18)16-7-5-13(19-2)6-8-16/h3-4,9,13H,5-8,10,15H2,1-2H3. The molecule has 5 nitrogen and oxygen atoms in total. The first kappa shape index (κ1) is 15.4. The van der Waals surface area contributed by atoms with Gasteiger partial charge < -0.3 is 10.5 Å². The van der Waals surface area contributed by atoms with Crippen LogP contribution in [0.5, 0.6) is 0 Å². The molecule has 0 spiro atoms. The van der Waals surface area contributed by atoms with Gasteiger partial charge in [0.05, 0.1) is 11.0 Å². The summed E-state index contributed by atoms with van der Waals surface area (Å²) in [5.41, 5.74) is 7.27. The van der Waals surface area contributed by atoms with E-state index >= 15 is 0 Å². The molecule has 1 saturated heterocycles. The van der Waals surface area contributed by atoms with Crippen LogP contribution in [-0.4, -0.2) is 39.0 Å². The number of sulfonamides is 1. The lowest BCUT2D eigenvalue weighted by molar-refractivity contribution is 0.0604. The van der Waals surface area contributed by atoms with Crippen molar-refractivity contribution in [2.24, 2.45) is 5.73 Å². The SMILES string of the molecule is COC1CCN(S(=O)(=O)c2ccc(CN)cc2C)CC1. The van der Waals surface area contributed by atoms with Gasteiger partial charge in [0.1, 0.15) is 0 Å². The Balaban J connectivity index is 2.23. The molecule has 2 N–H and O–H groups in total. The van der Waals surface area contributed by atoms with E-state index in [1.807, 2.05) is 13.0 Å². The van der Waals surface area contributed by atoms with E-state index in [1.165, 1.54) is 0 Å². The Morgan fingerprint density at radius 2 is 2.00 bits per heavy atom. The van der Waals surface area contributed by atoms with Crippen molar-refractivity contribution < 1.29 is 13.2 Å². The molecule has 6 heteroatoms. The van der Waals surface area contributed by atoms with Gasteiger partial charge in [-0.15, -0.1) is 0 Å². The summed E-state index contributed by atoms with van der Waals surface area (Å²) in [7, 11) is -1.74. The van der Waals surface area contributed by atoms with Crippen LogP contribution in [0, 0.1) is 6.92 Å². The quantitative estimate of drug-likeness (QED) is 0.908. The van der Waals surface area contributed by atoms with Crippen molar-refractivity contribution in [2.75, 3.05) is 20.2 Å². The fourth-order valence-electron chi connectivity index (χ4n) is 2.58. The molecule has 0 aliphatic carbocycles. The second-order valence-corrected chi connectivity index (χ2v) is 7.05. The third-order valence-corrected chi connectivity index (χ3v) is 5.89. The normalized spacial score (nSPS) is 18.4. The number of nitrogens with zero attached hydrogens (tertiary/aromatic N) is 1. The highest BCUT2D eigenvalue weighted by atomic mass is 32.2. The van der Waals surface area contributed by atoms with E-state index in [9.17, 15) is 8.42 Å². The van der Waals surface area contributed by atoms with Crippen LogP contribution in [0.25, 0.3) is 0 Å². The molecule has 20 heavy (non-hydrogen) atoms. The number of rotatable bonds is 4. The Morgan fingerprint density at radius 1 is 1.35 bits per heavy atom. The van der Waals surface area contributed by atoms with Gasteiger partial charge in [-0.3, -0.25) is 0 Å². The highest BCUT2D eigenvalue weighted by molar-refractivity contribution is 7.89. The first-order valence-electron chi connectivity index (χ1n) is 6.81. The van der Waals surface area contributed by atoms with Gasteiger partial charge in [-0.05, 0) is 37.0 Å². The number of piperidine rings is 1. The van der Waals surface area contributed by atoms with Crippen molar-refractivity contribution in [1.29, 1.82) is 0 Å². The number of methoxy groups -OCH3 is 1. The molecule has 0 atom stereocenters. The summed E-state index contributed by atoms with van der Waals surface area (Å²) in [4.78, 5) is 0.380. The average Bonchev–Trinajstić information content (AvgIpc) is 2.46. The predicted molar refractivity (Wildman–Crippen MR) is 77.9 cm³/mol. The van der Waals surface area contributed by atoms with E-state index in [2.05, 4.69) is 0 Å². The van der Waals surface area contributed by atoms with Gasteiger partial charge in [0.15, 0.2) is 0 Å². The van der Waals surface area contributed by atoms with E-state index in [1.54, 1.807) is 23.5 Å². The molecule has 1 fully saturated rings. The van der Waals surface area contributed by atoms with Crippen LogP contribution in [0.3, 0.4) is 0 Å². The smallest absolute Gasteiger partial charge is 0.243 e. The Labute approximate surface area is 120 Å². The third kappa shape index (κ3) is 3.03. The highest BCUT2D eigenvalue weighted by Crippen LogP contribution is 2.24. The summed E-state index contributed by atoms with van der Waals surface area (Å²) < 4.78 is 32.1. The fraction of sp³-hybridized carbons (Fsp3) is 0.571. The monoisotopic (exact) mass is 298 g/mol. The van der Waals surface area contributed by atoms with Crippen molar-refractivity contribution >= 4 is 10.0 Å². The summed E-state index contributed by atoms with van der Waals surface area (Å²) in [6, 6.07) is 5.28. The van der Waals surface area contributed by atoms with Gasteiger partial charge in [0, 0.05) is 26.7 Å². The first-order chi connectivity index (χ1) is 9.48. The molecule has 0 bridgehead atoms. The Hall–Kier alpha value is -0.950. The zero-order valence-electron chi connectivity index (χ0n) is 12.0. The largest absolute Gasteiger partial charge is 0.381 e. The van der Waals surface area contributed by atoms with E-state index in [-0.39, 0.29) is 6.10 Å². The molecule has 1 aromatic rings. The van der Waals surface area contributed by atoms with Crippen LogP contribution >= 0.6 is 0 Å². The predicted octanol–water partition coefficient (Wildman–Crippen LogP) is 1.25. The molecule has 0 unspecified atom stereocenters. The van der Waals surface area contributed by atoms with Gasteiger partial charge in [-0.25, -0.2) is 8.42 Å². The van der Waals surface area contributed by atoms with Crippen molar-refractivity contribution in [2.45, 2.75) is 37.3 Å². The molecule has 1 aromatic carbocycles.